The zero-order valence-corrected chi connectivity index (χ0v) is 17.3. The van der Waals surface area contributed by atoms with Gasteiger partial charge in [-0.15, -0.1) is 0 Å². The fourth-order valence-corrected chi connectivity index (χ4v) is 3.36. The van der Waals surface area contributed by atoms with Crippen molar-refractivity contribution in [2.24, 2.45) is 5.73 Å². The quantitative estimate of drug-likeness (QED) is 0.185. The van der Waals surface area contributed by atoms with Crippen molar-refractivity contribution in [2.75, 3.05) is 12.8 Å². The van der Waals surface area contributed by atoms with E-state index in [1.807, 2.05) is 78.9 Å². The van der Waals surface area contributed by atoms with E-state index in [9.17, 15) is 4.79 Å². The number of benzene rings is 3. The van der Waals surface area contributed by atoms with Crippen LogP contribution in [0, 0.1) is 5.41 Å². The predicted molar refractivity (Wildman–Crippen MR) is 124 cm³/mol. The fraction of sp³-hybridized carbons (Fsp3) is 0.120. The van der Waals surface area contributed by atoms with Gasteiger partial charge in [0.25, 0.3) is 0 Å². The standard InChI is InChI=1S/C25H26N4O2/c1-29-25(23(22(27)15-30)24(28)18-7-3-2-4-8-18)19-10-12-21(13-11-19)31-16-17-6-5-9-20(26)14-17/h2-15,25,28-29H,16,26-27H2,1H3/b23-22+,28-24?. The predicted octanol–water partition coefficient (Wildman–Crippen LogP) is 3.59. The fourth-order valence-electron chi connectivity index (χ4n) is 3.36. The topological polar surface area (TPSA) is 114 Å². The Labute approximate surface area is 182 Å². The summed E-state index contributed by atoms with van der Waals surface area (Å²) >= 11 is 0. The summed E-state index contributed by atoms with van der Waals surface area (Å²) in [6.07, 6.45) is 0.584. The largest absolute Gasteiger partial charge is 0.489 e. The lowest BCUT2D eigenvalue weighted by Gasteiger charge is -2.23. The van der Waals surface area contributed by atoms with Crippen molar-refractivity contribution in [1.29, 1.82) is 5.41 Å². The molecule has 6 nitrogen and oxygen atoms in total. The molecule has 0 amide bonds. The lowest BCUT2D eigenvalue weighted by molar-refractivity contribution is -0.105. The maximum atomic E-state index is 11.5. The Balaban J connectivity index is 1.82. The zero-order chi connectivity index (χ0) is 22.2. The first-order chi connectivity index (χ1) is 15.0. The van der Waals surface area contributed by atoms with Gasteiger partial charge in [0.1, 0.15) is 12.4 Å². The van der Waals surface area contributed by atoms with Gasteiger partial charge in [-0.3, -0.25) is 10.2 Å². The van der Waals surface area contributed by atoms with Crippen molar-refractivity contribution in [2.45, 2.75) is 12.6 Å². The Hall–Kier alpha value is -3.90. The SMILES string of the molecule is CNC(/C(C(=N)c1ccccc1)=C(/N)C=O)c1ccc(OCc2cccc(N)c2)cc1. The first kappa shape index (κ1) is 21.8. The zero-order valence-electron chi connectivity index (χ0n) is 17.3. The monoisotopic (exact) mass is 414 g/mol. The van der Waals surface area contributed by atoms with Crippen molar-refractivity contribution >= 4 is 17.7 Å². The highest BCUT2D eigenvalue weighted by molar-refractivity contribution is 6.13. The molecule has 0 aliphatic rings. The van der Waals surface area contributed by atoms with Crippen molar-refractivity contribution in [3.05, 3.63) is 107 Å². The average molecular weight is 415 g/mol. The molecule has 0 radical (unpaired) electrons. The summed E-state index contributed by atoms with van der Waals surface area (Å²) in [4.78, 5) is 11.5. The molecule has 6 heteroatoms. The number of allylic oxidation sites excluding steroid dienone is 1. The highest BCUT2D eigenvalue weighted by Gasteiger charge is 2.23. The maximum absolute atomic E-state index is 11.5. The first-order valence-corrected chi connectivity index (χ1v) is 9.87. The number of nitrogens with two attached hydrogens (primary N) is 2. The van der Waals surface area contributed by atoms with Gasteiger partial charge >= 0.3 is 0 Å². The van der Waals surface area contributed by atoms with E-state index in [1.54, 1.807) is 7.05 Å². The molecule has 0 heterocycles. The van der Waals surface area contributed by atoms with E-state index in [2.05, 4.69) is 5.32 Å². The maximum Gasteiger partial charge on any atom is 0.166 e. The Morgan fingerprint density at radius 2 is 1.77 bits per heavy atom. The highest BCUT2D eigenvalue weighted by atomic mass is 16.5. The molecule has 31 heavy (non-hydrogen) atoms. The van der Waals surface area contributed by atoms with Gasteiger partial charge in [-0.25, -0.2) is 0 Å². The number of likely N-dealkylation sites (N-methyl/N-ethyl adjacent to an activating group) is 1. The van der Waals surface area contributed by atoms with Crippen LogP contribution in [0.1, 0.15) is 22.7 Å². The molecule has 6 N–H and O–H groups in total. The van der Waals surface area contributed by atoms with Crippen molar-refractivity contribution < 1.29 is 9.53 Å². The normalized spacial score (nSPS) is 12.5. The van der Waals surface area contributed by atoms with Crippen LogP contribution in [0.15, 0.2) is 90.1 Å². The molecule has 0 fully saturated rings. The molecule has 3 aromatic rings. The van der Waals surface area contributed by atoms with Gasteiger partial charge in [0.05, 0.1) is 17.5 Å². The van der Waals surface area contributed by atoms with Gasteiger partial charge in [-0.05, 0) is 48.0 Å². The van der Waals surface area contributed by atoms with Crippen LogP contribution >= 0.6 is 0 Å². The number of rotatable bonds is 9. The Morgan fingerprint density at radius 1 is 1.06 bits per heavy atom. The number of carbonyl (C=O) groups is 1. The van der Waals surface area contributed by atoms with Crippen LogP contribution in [-0.4, -0.2) is 19.0 Å². The molecule has 0 aliphatic heterocycles. The molecular formula is C25H26N4O2. The third kappa shape index (κ3) is 5.38. The van der Waals surface area contributed by atoms with E-state index in [0.29, 0.717) is 35.5 Å². The van der Waals surface area contributed by atoms with Crippen molar-refractivity contribution in [3.63, 3.8) is 0 Å². The highest BCUT2D eigenvalue weighted by Crippen LogP contribution is 2.27. The molecule has 0 aliphatic carbocycles. The van der Waals surface area contributed by atoms with Crippen molar-refractivity contribution in [1.82, 2.24) is 5.32 Å². The van der Waals surface area contributed by atoms with E-state index in [4.69, 9.17) is 21.6 Å². The van der Waals surface area contributed by atoms with Gasteiger partial charge in [-0.2, -0.15) is 0 Å². The lowest BCUT2D eigenvalue weighted by atomic mass is 9.90. The summed E-state index contributed by atoms with van der Waals surface area (Å²) < 4.78 is 5.85. The van der Waals surface area contributed by atoms with Crippen LogP contribution < -0.4 is 21.5 Å². The minimum atomic E-state index is -0.430. The van der Waals surface area contributed by atoms with Crippen LogP contribution in [0.3, 0.4) is 0 Å². The van der Waals surface area contributed by atoms with Crippen LogP contribution in [0.25, 0.3) is 0 Å². The molecule has 3 rings (SSSR count). The van der Waals surface area contributed by atoms with Crippen LogP contribution in [0.2, 0.25) is 0 Å². The summed E-state index contributed by atoms with van der Waals surface area (Å²) in [6.45, 7) is 0.405. The first-order valence-electron chi connectivity index (χ1n) is 9.87. The third-order valence-corrected chi connectivity index (χ3v) is 4.92. The second kappa shape index (κ2) is 10.2. The summed E-state index contributed by atoms with van der Waals surface area (Å²) in [5.74, 6) is 0.702. The molecule has 0 bridgehead atoms. The Morgan fingerprint density at radius 3 is 2.39 bits per heavy atom. The van der Waals surface area contributed by atoms with Gasteiger partial charge in [0, 0.05) is 11.3 Å². The summed E-state index contributed by atoms with van der Waals surface area (Å²) in [5, 5.41) is 11.8. The number of ether oxygens (including phenoxy) is 1. The average Bonchev–Trinajstić information content (AvgIpc) is 2.81. The van der Waals surface area contributed by atoms with E-state index >= 15 is 0 Å². The molecule has 0 saturated carbocycles. The molecular weight excluding hydrogens is 388 g/mol. The molecule has 0 saturated heterocycles. The van der Waals surface area contributed by atoms with Gasteiger partial charge in [-0.1, -0.05) is 54.6 Å². The summed E-state index contributed by atoms with van der Waals surface area (Å²) in [5.41, 5.74) is 15.7. The second-order valence-electron chi connectivity index (χ2n) is 7.05. The summed E-state index contributed by atoms with van der Waals surface area (Å²) in [6, 6.07) is 23.8. The minimum Gasteiger partial charge on any atom is -0.489 e. The molecule has 0 spiro atoms. The van der Waals surface area contributed by atoms with Gasteiger partial charge < -0.3 is 21.5 Å². The van der Waals surface area contributed by atoms with Crippen LogP contribution in [0.5, 0.6) is 5.75 Å². The second-order valence-corrected chi connectivity index (χ2v) is 7.05. The van der Waals surface area contributed by atoms with E-state index in [1.165, 1.54) is 0 Å². The Bertz CT molecular complexity index is 1080. The molecule has 0 aromatic heterocycles. The number of hydrogen-bond donors (Lipinski definition) is 4. The number of anilines is 1. The van der Waals surface area contributed by atoms with E-state index < -0.39 is 6.04 Å². The number of hydrogen-bond acceptors (Lipinski definition) is 6. The van der Waals surface area contributed by atoms with Crippen LogP contribution in [-0.2, 0) is 11.4 Å². The molecule has 1 atom stereocenters. The number of carbonyl (C=O) groups excluding carboxylic acids is 1. The number of nitrogen functional groups attached to an aromatic ring is 1. The van der Waals surface area contributed by atoms with Crippen molar-refractivity contribution in [3.8, 4) is 5.75 Å². The van der Waals surface area contributed by atoms with Crippen LogP contribution in [0.4, 0.5) is 5.69 Å². The summed E-state index contributed by atoms with van der Waals surface area (Å²) in [7, 11) is 1.77. The minimum absolute atomic E-state index is 0.0233. The molecule has 158 valence electrons. The van der Waals surface area contributed by atoms with E-state index in [-0.39, 0.29) is 11.4 Å². The molecule has 1 unspecified atom stereocenters. The van der Waals surface area contributed by atoms with Gasteiger partial charge in [0.2, 0.25) is 0 Å². The number of nitrogens with one attached hydrogen (secondary N) is 2. The smallest absolute Gasteiger partial charge is 0.166 e. The molecule has 3 aromatic carbocycles. The lowest BCUT2D eigenvalue weighted by Crippen LogP contribution is -2.27. The Kier molecular flexibility index (Phi) is 7.19. The third-order valence-electron chi connectivity index (χ3n) is 4.92. The van der Waals surface area contributed by atoms with Gasteiger partial charge in [0.15, 0.2) is 6.29 Å². The number of aldehydes is 1. The van der Waals surface area contributed by atoms with E-state index in [0.717, 1.165) is 11.1 Å².